The molecular formula is C11H14N2O2S. The van der Waals surface area contributed by atoms with Crippen LogP contribution in [0, 0.1) is 11.3 Å². The van der Waals surface area contributed by atoms with E-state index in [1.54, 1.807) is 13.8 Å². The highest BCUT2D eigenvalue weighted by atomic mass is 32.1. The number of nitriles is 1. The second-order valence-corrected chi connectivity index (χ2v) is 4.31. The Morgan fingerprint density at radius 3 is 2.81 bits per heavy atom. The van der Waals surface area contributed by atoms with Crippen LogP contribution in [0.25, 0.3) is 0 Å². The Hall–Kier alpha value is -1.41. The Bertz CT molecular complexity index is 422. The Balaban J connectivity index is 3.05. The first kappa shape index (κ1) is 12.7. The van der Waals surface area contributed by atoms with Gasteiger partial charge < -0.3 is 4.74 Å². The number of aryl methyl sites for hydroxylation is 1. The minimum absolute atomic E-state index is 0.266. The second-order valence-electron chi connectivity index (χ2n) is 3.45. The van der Waals surface area contributed by atoms with Crippen LogP contribution < -0.4 is 0 Å². The average molecular weight is 238 g/mol. The van der Waals surface area contributed by atoms with Gasteiger partial charge in [-0.15, -0.1) is 11.3 Å². The summed E-state index contributed by atoms with van der Waals surface area (Å²) in [5, 5.41) is 11.5. The quantitative estimate of drug-likeness (QED) is 0.753. The molecule has 0 aliphatic carbocycles. The summed E-state index contributed by atoms with van der Waals surface area (Å²) in [6, 6.07) is 1.99. The molecule has 0 spiro atoms. The molecule has 0 N–H and O–H groups in total. The molecule has 0 amide bonds. The number of nitrogens with zero attached hydrogens (tertiary/aromatic N) is 2. The lowest BCUT2D eigenvalue weighted by Gasteiger charge is -2.16. The van der Waals surface area contributed by atoms with Crippen molar-refractivity contribution >= 4 is 17.3 Å². The van der Waals surface area contributed by atoms with Crippen LogP contribution in [0.1, 0.15) is 31.5 Å². The van der Waals surface area contributed by atoms with Gasteiger partial charge in [0.05, 0.1) is 18.4 Å². The summed E-state index contributed by atoms with van der Waals surface area (Å²) in [4.78, 5) is 16.0. The van der Waals surface area contributed by atoms with Gasteiger partial charge in [0.1, 0.15) is 5.01 Å². The van der Waals surface area contributed by atoms with Crippen molar-refractivity contribution in [2.75, 3.05) is 6.61 Å². The number of hydrogen-bond acceptors (Lipinski definition) is 5. The minimum atomic E-state index is -1.28. The van der Waals surface area contributed by atoms with Crippen molar-refractivity contribution in [2.45, 2.75) is 32.6 Å². The van der Waals surface area contributed by atoms with Crippen molar-refractivity contribution in [2.24, 2.45) is 0 Å². The van der Waals surface area contributed by atoms with Crippen LogP contribution >= 0.6 is 11.3 Å². The molecule has 0 saturated heterocycles. The van der Waals surface area contributed by atoms with Crippen LogP contribution in [0.5, 0.6) is 0 Å². The highest BCUT2D eigenvalue weighted by Gasteiger charge is 2.40. The van der Waals surface area contributed by atoms with E-state index < -0.39 is 11.4 Å². The summed E-state index contributed by atoms with van der Waals surface area (Å²) in [6.07, 6.45) is 0.792. The molecule has 1 unspecified atom stereocenters. The molecule has 1 aromatic heterocycles. The molecule has 1 heterocycles. The minimum Gasteiger partial charge on any atom is -0.464 e. The van der Waals surface area contributed by atoms with Crippen LogP contribution in [-0.2, 0) is 21.4 Å². The molecular weight excluding hydrogens is 224 g/mol. The highest BCUT2D eigenvalue weighted by molar-refractivity contribution is 7.10. The third-order valence-electron chi connectivity index (χ3n) is 2.25. The topological polar surface area (TPSA) is 63.0 Å². The normalized spacial score (nSPS) is 13.9. The van der Waals surface area contributed by atoms with Gasteiger partial charge in [-0.25, -0.2) is 9.78 Å². The number of ether oxygens (including phenoxy) is 1. The molecule has 0 fully saturated rings. The smallest absolute Gasteiger partial charge is 0.333 e. The summed E-state index contributed by atoms with van der Waals surface area (Å²) in [5.41, 5.74) is -0.389. The lowest BCUT2D eigenvalue weighted by Crippen LogP contribution is -2.32. The number of carbonyl (C=O) groups is 1. The van der Waals surface area contributed by atoms with Gasteiger partial charge >= 0.3 is 5.97 Å². The summed E-state index contributed by atoms with van der Waals surface area (Å²) in [6.45, 7) is 5.51. The van der Waals surface area contributed by atoms with E-state index in [0.29, 0.717) is 5.01 Å². The number of aromatic nitrogens is 1. The summed E-state index contributed by atoms with van der Waals surface area (Å²) < 4.78 is 4.90. The molecule has 0 aromatic carbocycles. The van der Waals surface area contributed by atoms with Crippen LogP contribution in [0.2, 0.25) is 0 Å². The fraction of sp³-hybridized carbons (Fsp3) is 0.545. The predicted molar refractivity (Wildman–Crippen MR) is 61.1 cm³/mol. The zero-order chi connectivity index (χ0) is 12.2. The lowest BCUT2D eigenvalue weighted by atomic mass is 9.94. The Morgan fingerprint density at radius 2 is 2.38 bits per heavy atom. The lowest BCUT2D eigenvalue weighted by molar-refractivity contribution is -0.147. The van der Waals surface area contributed by atoms with Gasteiger partial charge in [-0.2, -0.15) is 5.26 Å². The standard InChI is InChI=1S/C11H14N2O2S/c1-4-8-6-16-9(13-8)11(3,7-12)10(14)15-5-2/h6H,4-5H2,1-3H3. The molecule has 0 aliphatic rings. The predicted octanol–water partition coefficient (Wildman–Crippen LogP) is 2.05. The third-order valence-corrected chi connectivity index (χ3v) is 3.36. The summed E-state index contributed by atoms with van der Waals surface area (Å²) in [5.74, 6) is -0.533. The monoisotopic (exact) mass is 238 g/mol. The van der Waals surface area contributed by atoms with Crippen LogP contribution in [0.3, 0.4) is 0 Å². The Kier molecular flexibility index (Phi) is 4.02. The number of carbonyl (C=O) groups excluding carboxylic acids is 1. The van der Waals surface area contributed by atoms with E-state index in [0.717, 1.165) is 12.1 Å². The van der Waals surface area contributed by atoms with Gasteiger partial charge in [-0.1, -0.05) is 6.92 Å². The van der Waals surface area contributed by atoms with Crippen molar-refractivity contribution < 1.29 is 9.53 Å². The van der Waals surface area contributed by atoms with E-state index in [1.807, 2.05) is 18.4 Å². The van der Waals surface area contributed by atoms with E-state index in [2.05, 4.69) is 4.98 Å². The van der Waals surface area contributed by atoms with Crippen LogP contribution in [0.15, 0.2) is 5.38 Å². The highest BCUT2D eigenvalue weighted by Crippen LogP contribution is 2.28. The van der Waals surface area contributed by atoms with Crippen molar-refractivity contribution in [3.8, 4) is 6.07 Å². The van der Waals surface area contributed by atoms with Crippen LogP contribution in [0.4, 0.5) is 0 Å². The number of rotatable bonds is 4. The number of hydrogen-bond donors (Lipinski definition) is 0. The fourth-order valence-corrected chi connectivity index (χ4v) is 2.16. The largest absolute Gasteiger partial charge is 0.464 e. The van der Waals surface area contributed by atoms with E-state index in [9.17, 15) is 4.79 Å². The van der Waals surface area contributed by atoms with Crippen molar-refractivity contribution in [1.29, 1.82) is 5.26 Å². The Labute approximate surface area is 98.9 Å². The van der Waals surface area contributed by atoms with Gasteiger partial charge in [0.25, 0.3) is 0 Å². The maximum Gasteiger partial charge on any atom is 0.333 e. The molecule has 4 nitrogen and oxygen atoms in total. The van der Waals surface area contributed by atoms with Gasteiger partial charge in [-0.05, 0) is 20.3 Å². The van der Waals surface area contributed by atoms with Crippen molar-refractivity contribution in [3.63, 3.8) is 0 Å². The van der Waals surface area contributed by atoms with E-state index in [1.165, 1.54) is 11.3 Å². The number of esters is 1. The molecule has 86 valence electrons. The zero-order valence-corrected chi connectivity index (χ0v) is 10.4. The SMILES string of the molecule is CCOC(=O)C(C)(C#N)c1nc(CC)cs1. The average Bonchev–Trinajstić information content (AvgIpc) is 2.77. The molecule has 0 bridgehead atoms. The maximum absolute atomic E-state index is 11.7. The second kappa shape index (κ2) is 5.08. The zero-order valence-electron chi connectivity index (χ0n) is 9.61. The molecule has 1 rings (SSSR count). The molecule has 0 radical (unpaired) electrons. The molecule has 1 atom stereocenters. The molecule has 0 aliphatic heterocycles. The third kappa shape index (κ3) is 2.22. The first-order valence-corrected chi connectivity index (χ1v) is 5.99. The summed E-state index contributed by atoms with van der Waals surface area (Å²) >= 11 is 1.33. The fourth-order valence-electron chi connectivity index (χ4n) is 1.16. The van der Waals surface area contributed by atoms with Gasteiger partial charge in [0, 0.05) is 5.38 Å². The van der Waals surface area contributed by atoms with Crippen molar-refractivity contribution in [3.05, 3.63) is 16.1 Å². The number of thiazole rings is 1. The van der Waals surface area contributed by atoms with Gasteiger partial charge in [0.15, 0.2) is 0 Å². The summed E-state index contributed by atoms with van der Waals surface area (Å²) in [7, 11) is 0. The van der Waals surface area contributed by atoms with E-state index in [-0.39, 0.29) is 6.61 Å². The molecule has 16 heavy (non-hydrogen) atoms. The Morgan fingerprint density at radius 1 is 1.69 bits per heavy atom. The maximum atomic E-state index is 11.7. The van der Waals surface area contributed by atoms with Crippen molar-refractivity contribution in [1.82, 2.24) is 4.98 Å². The van der Waals surface area contributed by atoms with E-state index >= 15 is 0 Å². The molecule has 5 heteroatoms. The van der Waals surface area contributed by atoms with Gasteiger partial charge in [-0.3, -0.25) is 0 Å². The van der Waals surface area contributed by atoms with E-state index in [4.69, 9.17) is 10.00 Å². The molecule has 1 aromatic rings. The van der Waals surface area contributed by atoms with Crippen LogP contribution in [-0.4, -0.2) is 17.6 Å². The van der Waals surface area contributed by atoms with Gasteiger partial charge in [0.2, 0.25) is 5.41 Å². The molecule has 0 saturated carbocycles. The first-order chi connectivity index (χ1) is 7.58. The first-order valence-electron chi connectivity index (χ1n) is 5.11.